The zero-order valence-corrected chi connectivity index (χ0v) is 16.1. The van der Waals surface area contributed by atoms with Crippen molar-refractivity contribution in [2.24, 2.45) is 5.73 Å². The Kier molecular flexibility index (Phi) is 5.79. The van der Waals surface area contributed by atoms with Gasteiger partial charge in [0.25, 0.3) is 17.7 Å². The number of imidazole rings is 1. The number of anilines is 2. The van der Waals surface area contributed by atoms with Gasteiger partial charge in [-0.05, 0) is 36.4 Å². The lowest BCUT2D eigenvalue weighted by molar-refractivity contribution is 0.0958. The Morgan fingerprint density at radius 3 is 2.43 bits per heavy atom. The summed E-state index contributed by atoms with van der Waals surface area (Å²) in [5.74, 6) is -4.37. The smallest absolute Gasteiger partial charge is 0.279 e. The molecule has 3 aromatic rings. The van der Waals surface area contributed by atoms with Gasteiger partial charge in [0.15, 0.2) is 11.5 Å². The lowest BCUT2D eigenvalue weighted by Crippen LogP contribution is -2.29. The highest BCUT2D eigenvalue weighted by Crippen LogP contribution is 2.24. The minimum Gasteiger partial charge on any atom is -0.364 e. The maximum absolute atomic E-state index is 14.0. The van der Waals surface area contributed by atoms with Crippen LogP contribution in [0, 0.1) is 11.6 Å². The number of halogens is 3. The summed E-state index contributed by atoms with van der Waals surface area (Å²) in [6, 6.07) is 7.83. The number of rotatable bonds is 5. The van der Waals surface area contributed by atoms with Gasteiger partial charge >= 0.3 is 0 Å². The minimum atomic E-state index is -1.17. The van der Waals surface area contributed by atoms with Crippen molar-refractivity contribution in [3.05, 3.63) is 76.3 Å². The topological polar surface area (TPSA) is 121 Å². The maximum atomic E-state index is 14.0. The predicted octanol–water partition coefficient (Wildman–Crippen LogP) is 2.97. The molecule has 1 heterocycles. The number of nitrogens with zero attached hydrogens (tertiary/aromatic N) is 2. The van der Waals surface area contributed by atoms with E-state index < -0.39 is 39.9 Å². The highest BCUT2D eigenvalue weighted by atomic mass is 35.5. The fourth-order valence-corrected chi connectivity index (χ4v) is 2.75. The van der Waals surface area contributed by atoms with Gasteiger partial charge in [0.1, 0.15) is 16.5 Å². The third-order valence-corrected chi connectivity index (χ3v) is 4.53. The Morgan fingerprint density at radius 2 is 1.80 bits per heavy atom. The minimum absolute atomic E-state index is 0.115. The first-order valence-corrected chi connectivity index (χ1v) is 8.74. The van der Waals surface area contributed by atoms with E-state index >= 15 is 0 Å². The fourth-order valence-electron chi connectivity index (χ4n) is 2.59. The molecule has 1 aromatic heterocycles. The summed E-state index contributed by atoms with van der Waals surface area (Å²) in [5.41, 5.74) is 5.25. The number of aromatic nitrogens is 2. The van der Waals surface area contributed by atoms with Gasteiger partial charge in [-0.3, -0.25) is 14.4 Å². The number of carbonyl (C=O) groups is 3. The molecule has 0 saturated carbocycles. The molecule has 0 aliphatic heterocycles. The second-order valence-electron chi connectivity index (χ2n) is 6.08. The van der Waals surface area contributed by atoms with E-state index in [1.165, 1.54) is 42.5 Å². The average molecular weight is 434 g/mol. The number of aromatic amines is 1. The Morgan fingerprint density at radius 1 is 1.13 bits per heavy atom. The quantitative estimate of drug-likeness (QED) is 0.535. The molecule has 0 aliphatic carbocycles. The summed E-state index contributed by atoms with van der Waals surface area (Å²) in [6.45, 7) is 0. The van der Waals surface area contributed by atoms with Crippen LogP contribution in [0.1, 0.15) is 31.3 Å². The molecule has 0 atom stereocenters. The van der Waals surface area contributed by atoms with E-state index in [2.05, 4.69) is 15.3 Å². The average Bonchev–Trinajstić information content (AvgIpc) is 3.22. The molecule has 8 nitrogen and oxygen atoms in total. The molecular formula is C19H14ClF2N5O3. The van der Waals surface area contributed by atoms with Crippen LogP contribution in [-0.4, -0.2) is 34.7 Å². The normalized spacial score (nSPS) is 10.5. The molecule has 0 fully saturated rings. The summed E-state index contributed by atoms with van der Waals surface area (Å²) in [4.78, 5) is 43.7. The number of hydrogen-bond donors (Lipinski definition) is 3. The molecule has 2 aromatic carbocycles. The molecule has 0 spiro atoms. The van der Waals surface area contributed by atoms with Crippen LogP contribution >= 0.6 is 11.6 Å². The van der Waals surface area contributed by atoms with Crippen LogP contribution in [0.3, 0.4) is 0 Å². The van der Waals surface area contributed by atoms with E-state index in [-0.39, 0.29) is 11.4 Å². The van der Waals surface area contributed by atoms with Crippen molar-refractivity contribution in [1.82, 2.24) is 9.97 Å². The molecule has 154 valence electrons. The third kappa shape index (κ3) is 3.98. The lowest BCUT2D eigenvalue weighted by Gasteiger charge is -2.17. The third-order valence-electron chi connectivity index (χ3n) is 4.19. The first kappa shape index (κ1) is 20.9. The van der Waals surface area contributed by atoms with Crippen molar-refractivity contribution in [2.45, 2.75) is 0 Å². The van der Waals surface area contributed by atoms with E-state index in [4.69, 9.17) is 17.3 Å². The standard InChI is InChI=1S/C19H14ClF2N5O3/c1-27(19(30)16-15(17(23)28)24-8-25-16)10-4-2-9(3-5-10)26-18(29)11-6-7-12(21)13(20)14(11)22/h2-8H,1H3,(H2,23,28)(H,24,25)(H,26,29). The summed E-state index contributed by atoms with van der Waals surface area (Å²) < 4.78 is 27.2. The molecule has 0 bridgehead atoms. The predicted molar refractivity (Wildman–Crippen MR) is 106 cm³/mol. The van der Waals surface area contributed by atoms with Crippen LogP contribution < -0.4 is 16.0 Å². The van der Waals surface area contributed by atoms with Gasteiger partial charge in [0.2, 0.25) is 0 Å². The Bertz CT molecular complexity index is 1150. The number of primary amides is 1. The molecule has 30 heavy (non-hydrogen) atoms. The largest absolute Gasteiger partial charge is 0.364 e. The van der Waals surface area contributed by atoms with Gasteiger partial charge in [-0.25, -0.2) is 13.8 Å². The van der Waals surface area contributed by atoms with Gasteiger partial charge in [0.05, 0.1) is 11.9 Å². The molecular weight excluding hydrogens is 420 g/mol. The Labute approximate surface area is 173 Å². The molecule has 0 saturated heterocycles. The van der Waals surface area contributed by atoms with Gasteiger partial charge < -0.3 is 20.9 Å². The van der Waals surface area contributed by atoms with Gasteiger partial charge in [0, 0.05) is 18.4 Å². The molecule has 11 heteroatoms. The number of nitrogens with two attached hydrogens (primary N) is 1. The molecule has 3 rings (SSSR count). The second kappa shape index (κ2) is 8.29. The van der Waals surface area contributed by atoms with Crippen LogP contribution in [-0.2, 0) is 0 Å². The SMILES string of the molecule is CN(C(=O)c1nc[nH]c1C(N)=O)c1ccc(NC(=O)c2ccc(F)c(Cl)c2F)cc1. The number of benzene rings is 2. The molecule has 0 aliphatic rings. The van der Waals surface area contributed by atoms with Gasteiger partial charge in [-0.2, -0.15) is 0 Å². The molecule has 3 amide bonds. The second-order valence-corrected chi connectivity index (χ2v) is 6.46. The van der Waals surface area contributed by atoms with E-state index in [1.54, 1.807) is 0 Å². The lowest BCUT2D eigenvalue weighted by atomic mass is 10.1. The highest BCUT2D eigenvalue weighted by Gasteiger charge is 2.23. The first-order valence-electron chi connectivity index (χ1n) is 8.36. The van der Waals surface area contributed by atoms with Gasteiger partial charge in [-0.15, -0.1) is 0 Å². The van der Waals surface area contributed by atoms with Crippen molar-refractivity contribution >= 4 is 40.7 Å². The molecule has 0 unspecified atom stereocenters. The number of H-pyrrole nitrogens is 1. The van der Waals surface area contributed by atoms with Crippen LogP contribution in [0.25, 0.3) is 0 Å². The number of amides is 3. The number of hydrogen-bond acceptors (Lipinski definition) is 4. The first-order chi connectivity index (χ1) is 14.2. The zero-order chi connectivity index (χ0) is 22.0. The monoisotopic (exact) mass is 433 g/mol. The van der Waals surface area contributed by atoms with Crippen LogP contribution in [0.4, 0.5) is 20.2 Å². The van der Waals surface area contributed by atoms with Crippen molar-refractivity contribution in [1.29, 1.82) is 0 Å². The maximum Gasteiger partial charge on any atom is 0.279 e. The van der Waals surface area contributed by atoms with Crippen molar-refractivity contribution < 1.29 is 23.2 Å². The number of nitrogens with one attached hydrogen (secondary N) is 2. The molecule has 4 N–H and O–H groups in total. The Balaban J connectivity index is 1.75. The summed E-state index contributed by atoms with van der Waals surface area (Å²) in [6.07, 6.45) is 1.18. The zero-order valence-electron chi connectivity index (χ0n) is 15.4. The van der Waals surface area contributed by atoms with E-state index in [9.17, 15) is 23.2 Å². The van der Waals surface area contributed by atoms with Crippen LogP contribution in [0.5, 0.6) is 0 Å². The van der Waals surface area contributed by atoms with Crippen molar-refractivity contribution in [3.8, 4) is 0 Å². The Hall–Kier alpha value is -3.79. The van der Waals surface area contributed by atoms with E-state index in [0.29, 0.717) is 11.4 Å². The van der Waals surface area contributed by atoms with Crippen LogP contribution in [0.2, 0.25) is 5.02 Å². The fraction of sp³-hybridized carbons (Fsp3) is 0.0526. The van der Waals surface area contributed by atoms with E-state index in [0.717, 1.165) is 12.1 Å². The van der Waals surface area contributed by atoms with Gasteiger partial charge in [-0.1, -0.05) is 11.6 Å². The van der Waals surface area contributed by atoms with Crippen molar-refractivity contribution in [2.75, 3.05) is 17.3 Å². The summed E-state index contributed by atoms with van der Waals surface area (Å²) in [7, 11) is 1.46. The summed E-state index contributed by atoms with van der Waals surface area (Å²) >= 11 is 5.48. The van der Waals surface area contributed by atoms with Crippen LogP contribution in [0.15, 0.2) is 42.7 Å². The number of carbonyl (C=O) groups excluding carboxylic acids is 3. The summed E-state index contributed by atoms with van der Waals surface area (Å²) in [5, 5.41) is 1.68. The molecule has 0 radical (unpaired) electrons. The highest BCUT2D eigenvalue weighted by molar-refractivity contribution is 6.31. The van der Waals surface area contributed by atoms with E-state index in [1.807, 2.05) is 0 Å². The van der Waals surface area contributed by atoms with Crippen molar-refractivity contribution in [3.63, 3.8) is 0 Å².